The van der Waals surface area contributed by atoms with Gasteiger partial charge in [-0.05, 0) is 6.07 Å². The van der Waals surface area contributed by atoms with Crippen molar-refractivity contribution in [1.29, 1.82) is 0 Å². The van der Waals surface area contributed by atoms with Gasteiger partial charge < -0.3 is 10.4 Å². The van der Waals surface area contributed by atoms with Gasteiger partial charge in [0.15, 0.2) is 0 Å². The maximum atomic E-state index is 11.6. The molecule has 2 N–H and O–H groups in total. The van der Waals surface area contributed by atoms with Crippen LogP contribution in [-0.2, 0) is 6.54 Å². The van der Waals surface area contributed by atoms with Crippen LogP contribution in [0.1, 0.15) is 0 Å². The minimum atomic E-state index is -0.178. The first-order valence-electron chi connectivity index (χ1n) is 4.91. The molecule has 2 aromatic heterocycles. The van der Waals surface area contributed by atoms with Gasteiger partial charge in [-0.3, -0.25) is 9.36 Å². The lowest BCUT2D eigenvalue weighted by Gasteiger charge is -2.08. The van der Waals surface area contributed by atoms with Crippen molar-refractivity contribution in [2.24, 2.45) is 0 Å². The predicted octanol–water partition coefficient (Wildman–Crippen LogP) is -0.175. The third-order valence-electron chi connectivity index (χ3n) is 2.27. The van der Waals surface area contributed by atoms with E-state index in [2.05, 4.69) is 15.3 Å². The van der Waals surface area contributed by atoms with Crippen LogP contribution in [0.2, 0.25) is 0 Å². The van der Waals surface area contributed by atoms with Gasteiger partial charge in [-0.1, -0.05) is 0 Å². The van der Waals surface area contributed by atoms with Crippen LogP contribution in [0.5, 0.6) is 0 Å². The topological polar surface area (TPSA) is 80.0 Å². The van der Waals surface area contributed by atoms with Gasteiger partial charge in [0.25, 0.3) is 5.56 Å². The van der Waals surface area contributed by atoms with E-state index in [0.29, 0.717) is 11.6 Å². The maximum absolute atomic E-state index is 11.6. The second kappa shape index (κ2) is 4.28. The Hall–Kier alpha value is -1.95. The van der Waals surface area contributed by atoms with E-state index in [1.807, 2.05) is 0 Å². The standard InChI is InChI=1S/C10H12N4O2/c1-11-10-12-6-7-2-3-8(16)14(4-5-15)9(7)13-10/h2-3,6,15H,4-5H2,1H3,(H,11,12,13). The van der Waals surface area contributed by atoms with Crippen LogP contribution < -0.4 is 10.9 Å². The highest BCUT2D eigenvalue weighted by molar-refractivity contribution is 5.74. The van der Waals surface area contributed by atoms with E-state index < -0.39 is 0 Å². The fourth-order valence-corrected chi connectivity index (χ4v) is 1.51. The molecule has 0 aliphatic rings. The summed E-state index contributed by atoms with van der Waals surface area (Å²) in [6.45, 7) is 0.133. The molecule has 2 aromatic rings. The first kappa shape index (κ1) is 10.6. The summed E-state index contributed by atoms with van der Waals surface area (Å²) in [5, 5.41) is 12.5. The van der Waals surface area contributed by atoms with Crippen LogP contribution in [0.25, 0.3) is 11.0 Å². The minimum Gasteiger partial charge on any atom is -0.395 e. The van der Waals surface area contributed by atoms with E-state index in [1.165, 1.54) is 10.6 Å². The van der Waals surface area contributed by atoms with Crippen LogP contribution in [0.3, 0.4) is 0 Å². The SMILES string of the molecule is CNc1ncc2ccc(=O)n(CCO)c2n1. The molecule has 2 heterocycles. The summed E-state index contributed by atoms with van der Waals surface area (Å²) in [5.74, 6) is 0.449. The number of rotatable bonds is 3. The molecule has 0 fully saturated rings. The van der Waals surface area contributed by atoms with Gasteiger partial charge in [0.1, 0.15) is 5.65 Å². The Morgan fingerprint density at radius 3 is 3.00 bits per heavy atom. The molecule has 0 bridgehead atoms. The number of aliphatic hydroxyl groups is 1. The molecular weight excluding hydrogens is 208 g/mol. The molecule has 0 radical (unpaired) electrons. The van der Waals surface area contributed by atoms with Gasteiger partial charge in [-0.25, -0.2) is 4.98 Å². The number of anilines is 1. The van der Waals surface area contributed by atoms with Gasteiger partial charge in [0, 0.05) is 24.7 Å². The Balaban J connectivity index is 2.72. The van der Waals surface area contributed by atoms with Crippen LogP contribution >= 0.6 is 0 Å². The monoisotopic (exact) mass is 220 g/mol. The molecule has 2 rings (SSSR count). The Kier molecular flexibility index (Phi) is 2.82. The number of aliphatic hydroxyl groups excluding tert-OH is 1. The molecule has 16 heavy (non-hydrogen) atoms. The Morgan fingerprint density at radius 1 is 1.50 bits per heavy atom. The van der Waals surface area contributed by atoms with Crippen LogP contribution in [-0.4, -0.2) is 33.3 Å². The fraction of sp³-hybridized carbons (Fsp3) is 0.300. The smallest absolute Gasteiger partial charge is 0.252 e. The largest absolute Gasteiger partial charge is 0.395 e. The summed E-state index contributed by atoms with van der Waals surface area (Å²) >= 11 is 0. The van der Waals surface area contributed by atoms with Crippen LogP contribution in [0.15, 0.2) is 23.1 Å². The van der Waals surface area contributed by atoms with Crippen molar-refractivity contribution in [3.05, 3.63) is 28.7 Å². The summed E-state index contributed by atoms with van der Waals surface area (Å²) in [7, 11) is 1.71. The van der Waals surface area contributed by atoms with Crippen molar-refractivity contribution in [3.8, 4) is 0 Å². The number of nitrogens with one attached hydrogen (secondary N) is 1. The number of fused-ring (bicyclic) bond motifs is 1. The van der Waals surface area contributed by atoms with Gasteiger partial charge in [-0.2, -0.15) is 4.98 Å². The summed E-state index contributed by atoms with van der Waals surface area (Å²) in [4.78, 5) is 19.9. The van der Waals surface area contributed by atoms with Gasteiger partial charge >= 0.3 is 0 Å². The maximum Gasteiger partial charge on any atom is 0.252 e. The lowest BCUT2D eigenvalue weighted by Crippen LogP contribution is -2.22. The number of hydrogen-bond donors (Lipinski definition) is 2. The van der Waals surface area contributed by atoms with Gasteiger partial charge in [0.2, 0.25) is 5.95 Å². The normalized spacial score (nSPS) is 10.6. The molecule has 0 aliphatic carbocycles. The van der Waals surface area contributed by atoms with E-state index in [9.17, 15) is 4.79 Å². The second-order valence-electron chi connectivity index (χ2n) is 3.27. The van der Waals surface area contributed by atoms with E-state index in [-0.39, 0.29) is 18.7 Å². The number of pyridine rings is 1. The number of nitrogens with zero attached hydrogens (tertiary/aromatic N) is 3. The van der Waals surface area contributed by atoms with Crippen molar-refractivity contribution in [2.45, 2.75) is 6.54 Å². The lowest BCUT2D eigenvalue weighted by atomic mass is 10.3. The summed E-state index contributed by atoms with van der Waals surface area (Å²) < 4.78 is 1.43. The highest BCUT2D eigenvalue weighted by atomic mass is 16.3. The first-order valence-corrected chi connectivity index (χ1v) is 4.91. The molecule has 0 saturated heterocycles. The molecular formula is C10H12N4O2. The van der Waals surface area contributed by atoms with Gasteiger partial charge in [-0.15, -0.1) is 0 Å². The Bertz CT molecular complexity index is 564. The summed E-state index contributed by atoms with van der Waals surface area (Å²) in [6.07, 6.45) is 1.64. The van der Waals surface area contributed by atoms with Crippen molar-refractivity contribution in [2.75, 3.05) is 19.0 Å². The molecule has 0 unspecified atom stereocenters. The second-order valence-corrected chi connectivity index (χ2v) is 3.27. The average molecular weight is 220 g/mol. The zero-order chi connectivity index (χ0) is 11.5. The molecule has 0 spiro atoms. The Labute approximate surface area is 91.6 Å². The molecule has 0 aliphatic heterocycles. The third kappa shape index (κ3) is 1.74. The Morgan fingerprint density at radius 2 is 2.31 bits per heavy atom. The highest BCUT2D eigenvalue weighted by Crippen LogP contribution is 2.09. The minimum absolute atomic E-state index is 0.0993. The summed E-state index contributed by atoms with van der Waals surface area (Å²) in [5.41, 5.74) is 0.350. The molecule has 0 aromatic carbocycles. The molecule has 84 valence electrons. The van der Waals surface area contributed by atoms with E-state index in [4.69, 9.17) is 5.11 Å². The van der Waals surface area contributed by atoms with E-state index >= 15 is 0 Å². The van der Waals surface area contributed by atoms with Crippen LogP contribution in [0.4, 0.5) is 5.95 Å². The average Bonchev–Trinajstić information content (AvgIpc) is 2.32. The zero-order valence-electron chi connectivity index (χ0n) is 8.84. The lowest BCUT2D eigenvalue weighted by molar-refractivity contribution is 0.276. The van der Waals surface area contributed by atoms with Crippen molar-refractivity contribution < 1.29 is 5.11 Å². The van der Waals surface area contributed by atoms with Crippen molar-refractivity contribution >= 4 is 17.0 Å². The highest BCUT2D eigenvalue weighted by Gasteiger charge is 2.05. The van der Waals surface area contributed by atoms with E-state index in [1.54, 1.807) is 19.3 Å². The van der Waals surface area contributed by atoms with Crippen molar-refractivity contribution in [3.63, 3.8) is 0 Å². The molecule has 6 nitrogen and oxygen atoms in total. The van der Waals surface area contributed by atoms with E-state index in [0.717, 1.165) is 5.39 Å². The summed E-state index contributed by atoms with van der Waals surface area (Å²) in [6, 6.07) is 3.12. The third-order valence-corrected chi connectivity index (χ3v) is 2.27. The zero-order valence-corrected chi connectivity index (χ0v) is 8.84. The van der Waals surface area contributed by atoms with Gasteiger partial charge in [0.05, 0.1) is 13.2 Å². The number of hydrogen-bond acceptors (Lipinski definition) is 5. The molecule has 0 amide bonds. The molecule has 6 heteroatoms. The first-order chi connectivity index (χ1) is 7.76. The molecule has 0 atom stereocenters. The predicted molar refractivity (Wildman–Crippen MR) is 60.4 cm³/mol. The van der Waals surface area contributed by atoms with Crippen LogP contribution in [0, 0.1) is 0 Å². The number of aromatic nitrogens is 3. The molecule has 0 saturated carbocycles. The quantitative estimate of drug-likeness (QED) is 0.750. The van der Waals surface area contributed by atoms with Crippen molar-refractivity contribution in [1.82, 2.24) is 14.5 Å². The fourth-order valence-electron chi connectivity index (χ4n) is 1.51.